The number of hydrogen-bond acceptors (Lipinski definition) is 3. The number of anilines is 1. The van der Waals surface area contributed by atoms with Gasteiger partial charge in [0, 0.05) is 11.7 Å². The maximum Gasteiger partial charge on any atom is 0.340 e. The van der Waals surface area contributed by atoms with Crippen molar-refractivity contribution in [1.29, 1.82) is 0 Å². The van der Waals surface area contributed by atoms with Gasteiger partial charge in [0.15, 0.2) is 0 Å². The second-order valence-electron chi connectivity index (χ2n) is 4.54. The summed E-state index contributed by atoms with van der Waals surface area (Å²) in [5, 5.41) is 3.41. The summed E-state index contributed by atoms with van der Waals surface area (Å²) in [6.45, 7) is 4.39. The first kappa shape index (κ1) is 12.0. The van der Waals surface area contributed by atoms with Gasteiger partial charge in [0.25, 0.3) is 0 Å². The zero-order chi connectivity index (χ0) is 12.3. The second-order valence-corrected chi connectivity index (χ2v) is 4.54. The molecule has 0 aliphatic heterocycles. The molecule has 92 valence electrons. The highest BCUT2D eigenvalue weighted by molar-refractivity contribution is 5.95. The standard InChI is InChI=1S/C14H19NO2/c1-3-17-14(16)12-6-4-5-7-13(12)15-10(2)11-8-9-11/h4-7,10-11,15H,3,8-9H2,1-2H3. The molecule has 0 saturated heterocycles. The Bertz CT molecular complexity index is 399. The van der Waals surface area contributed by atoms with Gasteiger partial charge >= 0.3 is 5.97 Å². The molecule has 0 heterocycles. The SMILES string of the molecule is CCOC(=O)c1ccccc1NC(C)C1CC1. The maximum atomic E-state index is 11.8. The molecule has 3 heteroatoms. The lowest BCUT2D eigenvalue weighted by Gasteiger charge is -2.16. The van der Waals surface area contributed by atoms with Crippen LogP contribution in [0.1, 0.15) is 37.0 Å². The summed E-state index contributed by atoms with van der Waals surface area (Å²) in [6, 6.07) is 7.96. The molecule has 1 aliphatic carbocycles. The van der Waals surface area contributed by atoms with Crippen LogP contribution in [0.25, 0.3) is 0 Å². The summed E-state index contributed by atoms with van der Waals surface area (Å²) in [7, 11) is 0. The zero-order valence-corrected chi connectivity index (χ0v) is 10.4. The Morgan fingerprint density at radius 2 is 2.18 bits per heavy atom. The number of hydrogen-bond donors (Lipinski definition) is 1. The van der Waals surface area contributed by atoms with Crippen LogP contribution in [0.3, 0.4) is 0 Å². The smallest absolute Gasteiger partial charge is 0.340 e. The van der Waals surface area contributed by atoms with Gasteiger partial charge in [0.05, 0.1) is 12.2 Å². The first-order valence-electron chi connectivity index (χ1n) is 6.25. The van der Waals surface area contributed by atoms with Gasteiger partial charge in [0.1, 0.15) is 0 Å². The molecular weight excluding hydrogens is 214 g/mol. The van der Waals surface area contributed by atoms with Crippen LogP contribution in [0, 0.1) is 5.92 Å². The van der Waals surface area contributed by atoms with E-state index in [1.54, 1.807) is 6.07 Å². The molecule has 1 unspecified atom stereocenters. The Morgan fingerprint density at radius 1 is 1.47 bits per heavy atom. The molecule has 0 amide bonds. The fourth-order valence-electron chi connectivity index (χ4n) is 1.96. The number of ether oxygens (including phenoxy) is 1. The van der Waals surface area contributed by atoms with Gasteiger partial charge in [-0.1, -0.05) is 12.1 Å². The summed E-state index contributed by atoms with van der Waals surface area (Å²) < 4.78 is 5.05. The molecule has 2 rings (SSSR count). The summed E-state index contributed by atoms with van der Waals surface area (Å²) in [5.74, 6) is 0.504. The van der Waals surface area contributed by atoms with E-state index in [1.165, 1.54) is 12.8 Å². The van der Waals surface area contributed by atoms with Gasteiger partial charge in [-0.25, -0.2) is 4.79 Å². The number of nitrogens with one attached hydrogen (secondary N) is 1. The molecule has 1 aliphatic rings. The highest BCUT2D eigenvalue weighted by Crippen LogP contribution is 2.34. The van der Waals surface area contributed by atoms with Crippen LogP contribution in [0.5, 0.6) is 0 Å². The van der Waals surface area contributed by atoms with E-state index >= 15 is 0 Å². The van der Waals surface area contributed by atoms with Crippen molar-refractivity contribution in [2.75, 3.05) is 11.9 Å². The first-order chi connectivity index (χ1) is 8.22. The van der Waals surface area contributed by atoms with Crippen LogP contribution in [0.2, 0.25) is 0 Å². The molecular formula is C14H19NO2. The van der Waals surface area contributed by atoms with Gasteiger partial charge in [-0.05, 0) is 44.7 Å². The third-order valence-corrected chi connectivity index (χ3v) is 3.13. The van der Waals surface area contributed by atoms with E-state index in [9.17, 15) is 4.79 Å². The Hall–Kier alpha value is -1.51. The van der Waals surface area contributed by atoms with Crippen molar-refractivity contribution in [2.45, 2.75) is 32.7 Å². The molecule has 1 saturated carbocycles. The molecule has 0 radical (unpaired) electrons. The molecule has 1 fully saturated rings. The topological polar surface area (TPSA) is 38.3 Å². The predicted molar refractivity (Wildman–Crippen MR) is 68.2 cm³/mol. The summed E-state index contributed by atoms with van der Waals surface area (Å²) >= 11 is 0. The van der Waals surface area contributed by atoms with Crippen molar-refractivity contribution in [1.82, 2.24) is 0 Å². The van der Waals surface area contributed by atoms with Crippen LogP contribution < -0.4 is 5.32 Å². The number of esters is 1. The number of carbonyl (C=O) groups excluding carboxylic acids is 1. The molecule has 17 heavy (non-hydrogen) atoms. The van der Waals surface area contributed by atoms with Crippen LogP contribution in [-0.2, 0) is 4.74 Å². The highest BCUT2D eigenvalue weighted by Gasteiger charge is 2.28. The lowest BCUT2D eigenvalue weighted by molar-refractivity contribution is 0.0527. The van der Waals surface area contributed by atoms with E-state index in [-0.39, 0.29) is 5.97 Å². The Labute approximate surface area is 102 Å². The number of para-hydroxylation sites is 1. The van der Waals surface area contributed by atoms with E-state index in [0.29, 0.717) is 18.2 Å². The normalized spacial score (nSPS) is 16.4. The lowest BCUT2D eigenvalue weighted by atomic mass is 10.1. The molecule has 1 atom stereocenters. The van der Waals surface area contributed by atoms with Gasteiger partial charge in [0.2, 0.25) is 0 Å². The monoisotopic (exact) mass is 233 g/mol. The molecule has 1 aromatic rings. The Morgan fingerprint density at radius 3 is 2.82 bits per heavy atom. The molecule has 0 spiro atoms. The minimum atomic E-state index is -0.251. The van der Waals surface area contributed by atoms with Crippen molar-refractivity contribution < 1.29 is 9.53 Å². The average molecular weight is 233 g/mol. The summed E-state index contributed by atoms with van der Waals surface area (Å²) in [4.78, 5) is 11.8. The molecule has 3 nitrogen and oxygen atoms in total. The van der Waals surface area contributed by atoms with Crippen LogP contribution in [-0.4, -0.2) is 18.6 Å². The van der Waals surface area contributed by atoms with Crippen LogP contribution in [0.15, 0.2) is 24.3 Å². The van der Waals surface area contributed by atoms with Gasteiger partial charge in [-0.3, -0.25) is 0 Å². The molecule has 1 aromatic carbocycles. The minimum absolute atomic E-state index is 0.251. The quantitative estimate of drug-likeness (QED) is 0.794. The predicted octanol–water partition coefficient (Wildman–Crippen LogP) is 3.07. The van der Waals surface area contributed by atoms with E-state index in [2.05, 4.69) is 12.2 Å². The first-order valence-corrected chi connectivity index (χ1v) is 6.25. The minimum Gasteiger partial charge on any atom is -0.462 e. The summed E-state index contributed by atoms with van der Waals surface area (Å²) in [5.41, 5.74) is 1.51. The van der Waals surface area contributed by atoms with E-state index in [4.69, 9.17) is 4.74 Å². The Kier molecular flexibility index (Phi) is 3.67. The zero-order valence-electron chi connectivity index (χ0n) is 10.4. The number of carbonyl (C=O) groups is 1. The third-order valence-electron chi connectivity index (χ3n) is 3.13. The lowest BCUT2D eigenvalue weighted by Crippen LogP contribution is -2.19. The molecule has 1 N–H and O–H groups in total. The number of rotatable bonds is 5. The van der Waals surface area contributed by atoms with Crippen molar-refractivity contribution in [3.63, 3.8) is 0 Å². The maximum absolute atomic E-state index is 11.8. The second kappa shape index (κ2) is 5.21. The van der Waals surface area contributed by atoms with Gasteiger partial charge in [-0.2, -0.15) is 0 Å². The average Bonchev–Trinajstić information content (AvgIpc) is 3.13. The van der Waals surface area contributed by atoms with E-state index in [0.717, 1.165) is 11.6 Å². The number of benzene rings is 1. The Balaban J connectivity index is 2.11. The van der Waals surface area contributed by atoms with Crippen molar-refractivity contribution in [3.8, 4) is 0 Å². The van der Waals surface area contributed by atoms with E-state index < -0.39 is 0 Å². The van der Waals surface area contributed by atoms with E-state index in [1.807, 2.05) is 25.1 Å². The third kappa shape index (κ3) is 2.99. The highest BCUT2D eigenvalue weighted by atomic mass is 16.5. The fraction of sp³-hybridized carbons (Fsp3) is 0.500. The fourth-order valence-corrected chi connectivity index (χ4v) is 1.96. The molecule has 0 aromatic heterocycles. The van der Waals surface area contributed by atoms with Crippen molar-refractivity contribution >= 4 is 11.7 Å². The molecule has 0 bridgehead atoms. The van der Waals surface area contributed by atoms with Gasteiger partial charge < -0.3 is 10.1 Å². The van der Waals surface area contributed by atoms with Crippen molar-refractivity contribution in [2.24, 2.45) is 5.92 Å². The largest absolute Gasteiger partial charge is 0.462 e. The summed E-state index contributed by atoms with van der Waals surface area (Å²) in [6.07, 6.45) is 2.57. The van der Waals surface area contributed by atoms with Gasteiger partial charge in [-0.15, -0.1) is 0 Å². The van der Waals surface area contributed by atoms with Crippen LogP contribution in [0.4, 0.5) is 5.69 Å². The van der Waals surface area contributed by atoms with Crippen LogP contribution >= 0.6 is 0 Å². The van der Waals surface area contributed by atoms with Crippen molar-refractivity contribution in [3.05, 3.63) is 29.8 Å².